The molecule has 0 bridgehead atoms. The maximum Gasteiger partial charge on any atom is 0.336 e. The predicted molar refractivity (Wildman–Crippen MR) is 136 cm³/mol. The first-order valence-electron chi connectivity index (χ1n) is 11.2. The Morgan fingerprint density at radius 3 is 2.43 bits per heavy atom. The van der Waals surface area contributed by atoms with Gasteiger partial charge in [0.25, 0.3) is 11.1 Å². The molecule has 2 N–H and O–H groups in total. The van der Waals surface area contributed by atoms with Crippen LogP contribution in [0.2, 0.25) is 0 Å². The second-order valence-corrected chi connectivity index (χ2v) is 8.89. The summed E-state index contributed by atoms with van der Waals surface area (Å²) in [7, 11) is 7.09. The number of aryl methyl sites for hydroxylation is 2. The van der Waals surface area contributed by atoms with E-state index in [-0.39, 0.29) is 34.0 Å². The van der Waals surface area contributed by atoms with Crippen molar-refractivity contribution < 1.29 is 4.39 Å². The number of hydrogen-bond donors (Lipinski definition) is 2. The molecule has 0 amide bonds. The number of halogens is 1. The van der Waals surface area contributed by atoms with E-state index in [2.05, 4.69) is 10.5 Å². The molecule has 10 heteroatoms. The molecule has 2 aromatic heterocycles. The number of aromatic nitrogens is 3. The maximum atomic E-state index is 14.8. The van der Waals surface area contributed by atoms with Crippen molar-refractivity contribution in [1.82, 2.24) is 13.7 Å². The van der Waals surface area contributed by atoms with Crippen LogP contribution in [-0.4, -0.2) is 21.7 Å². The number of pyridine rings is 1. The van der Waals surface area contributed by atoms with Crippen molar-refractivity contribution >= 4 is 36.1 Å². The van der Waals surface area contributed by atoms with Crippen LogP contribution in [0.15, 0.2) is 56.8 Å². The number of benzene rings is 2. The molecule has 1 aliphatic rings. The van der Waals surface area contributed by atoms with Crippen LogP contribution in [0.5, 0.6) is 0 Å². The van der Waals surface area contributed by atoms with Crippen molar-refractivity contribution in [3.8, 4) is 5.69 Å². The third-order valence-electron chi connectivity index (χ3n) is 6.40. The molecule has 8 nitrogen and oxygen atoms in total. The van der Waals surface area contributed by atoms with Gasteiger partial charge < -0.3 is 10.5 Å². The molecule has 2 heterocycles. The number of anilines is 3. The molecule has 4 aromatic rings. The Balaban J connectivity index is 1.94. The molecule has 2 radical (unpaired) electrons. The zero-order valence-corrected chi connectivity index (χ0v) is 19.6. The van der Waals surface area contributed by atoms with Crippen LogP contribution in [0.4, 0.5) is 21.6 Å². The van der Waals surface area contributed by atoms with Gasteiger partial charge in [0.15, 0.2) is 0 Å². The third kappa shape index (κ3) is 3.65. The Labute approximate surface area is 201 Å². The fourth-order valence-corrected chi connectivity index (χ4v) is 4.44. The zero-order valence-electron chi connectivity index (χ0n) is 19.6. The van der Waals surface area contributed by atoms with Crippen LogP contribution in [0.25, 0.3) is 16.6 Å². The van der Waals surface area contributed by atoms with Gasteiger partial charge in [-0.3, -0.25) is 23.3 Å². The molecule has 35 heavy (non-hydrogen) atoms. The minimum atomic E-state index is -0.539. The molecule has 0 aliphatic heterocycles. The largest absolute Gasteiger partial charge is 0.437 e. The maximum absolute atomic E-state index is 14.8. The molecule has 0 saturated heterocycles. The van der Waals surface area contributed by atoms with Crippen LogP contribution < -0.4 is 27.4 Å². The highest BCUT2D eigenvalue weighted by atomic mass is 19.1. The van der Waals surface area contributed by atoms with Crippen molar-refractivity contribution in [2.24, 2.45) is 7.05 Å². The zero-order chi connectivity index (χ0) is 25.0. The van der Waals surface area contributed by atoms with Gasteiger partial charge in [-0.05, 0) is 62.6 Å². The molecule has 176 valence electrons. The number of nitrogens with one attached hydrogen (secondary N) is 2. The lowest BCUT2D eigenvalue weighted by Gasteiger charge is -2.21. The van der Waals surface area contributed by atoms with Gasteiger partial charge in [-0.25, -0.2) is 9.18 Å². The Hall–Kier alpha value is -4.08. The van der Waals surface area contributed by atoms with E-state index in [0.717, 1.165) is 5.56 Å². The standard InChI is InChI=1S/C25H23BFN5O3/c1-13-7-10-19(18(27)11-13)28-22-20-21(14(2)23(33)30(22)3)31(17-6-4-5-15(12-17)29-26)25(35)32(24(20)34)16-8-9-16/h4-7,10-12,16,28-29H,8-9H2,1-3H3. The lowest BCUT2D eigenvalue weighted by atomic mass is 10.1. The van der Waals surface area contributed by atoms with E-state index in [1.54, 1.807) is 50.2 Å². The minimum absolute atomic E-state index is 0.111. The van der Waals surface area contributed by atoms with E-state index >= 15 is 0 Å². The smallest absolute Gasteiger partial charge is 0.336 e. The monoisotopic (exact) mass is 471 g/mol. The van der Waals surface area contributed by atoms with Gasteiger partial charge in [-0.15, -0.1) is 0 Å². The first kappa shape index (κ1) is 22.7. The lowest BCUT2D eigenvalue weighted by molar-refractivity contribution is 0.630. The van der Waals surface area contributed by atoms with E-state index in [1.807, 2.05) is 0 Å². The van der Waals surface area contributed by atoms with E-state index in [4.69, 9.17) is 7.98 Å². The topological polar surface area (TPSA) is 90.1 Å². The predicted octanol–water partition coefficient (Wildman–Crippen LogP) is 3.18. The van der Waals surface area contributed by atoms with Crippen LogP contribution in [0.1, 0.15) is 30.0 Å². The normalized spacial score (nSPS) is 13.3. The van der Waals surface area contributed by atoms with E-state index in [9.17, 15) is 18.8 Å². The van der Waals surface area contributed by atoms with Crippen LogP contribution >= 0.6 is 0 Å². The molecule has 1 aliphatic carbocycles. The van der Waals surface area contributed by atoms with Crippen LogP contribution in [0, 0.1) is 19.7 Å². The van der Waals surface area contributed by atoms with E-state index < -0.39 is 22.6 Å². The summed E-state index contributed by atoms with van der Waals surface area (Å²) in [6, 6.07) is 11.2. The fourth-order valence-electron chi connectivity index (χ4n) is 4.44. The summed E-state index contributed by atoms with van der Waals surface area (Å²) in [5.74, 6) is -0.414. The van der Waals surface area contributed by atoms with E-state index in [0.29, 0.717) is 24.2 Å². The number of fused-ring (bicyclic) bond motifs is 1. The van der Waals surface area contributed by atoms with Gasteiger partial charge >= 0.3 is 5.69 Å². The van der Waals surface area contributed by atoms with Gasteiger partial charge in [0.1, 0.15) is 17.0 Å². The first-order valence-corrected chi connectivity index (χ1v) is 11.2. The summed E-state index contributed by atoms with van der Waals surface area (Å²) in [6.45, 7) is 3.34. The van der Waals surface area contributed by atoms with Crippen LogP contribution in [0.3, 0.4) is 0 Å². The van der Waals surface area contributed by atoms with Gasteiger partial charge in [0.2, 0.25) is 7.98 Å². The first-order chi connectivity index (χ1) is 16.7. The summed E-state index contributed by atoms with van der Waals surface area (Å²) in [6.07, 6.45) is 1.40. The van der Waals surface area contributed by atoms with E-state index in [1.165, 1.54) is 26.8 Å². The molecule has 2 aromatic carbocycles. The summed E-state index contributed by atoms with van der Waals surface area (Å²) >= 11 is 0. The highest BCUT2D eigenvalue weighted by molar-refractivity contribution is 6.16. The average Bonchev–Trinajstić information content (AvgIpc) is 3.67. The van der Waals surface area contributed by atoms with Gasteiger partial charge in [-0.2, -0.15) is 0 Å². The van der Waals surface area contributed by atoms with Crippen molar-refractivity contribution in [1.29, 1.82) is 0 Å². The lowest BCUT2D eigenvalue weighted by Crippen LogP contribution is -2.41. The minimum Gasteiger partial charge on any atom is -0.437 e. The van der Waals surface area contributed by atoms with Crippen molar-refractivity contribution in [3.63, 3.8) is 0 Å². The number of rotatable bonds is 5. The Morgan fingerprint density at radius 2 is 1.77 bits per heavy atom. The highest BCUT2D eigenvalue weighted by Gasteiger charge is 2.31. The average molecular weight is 471 g/mol. The fraction of sp³-hybridized carbons (Fsp3) is 0.240. The Kier molecular flexibility index (Phi) is 5.38. The van der Waals surface area contributed by atoms with Gasteiger partial charge in [0, 0.05) is 24.3 Å². The summed E-state index contributed by atoms with van der Waals surface area (Å²) in [5.41, 5.74) is 0.743. The highest BCUT2D eigenvalue weighted by Crippen LogP contribution is 2.34. The molecule has 0 unspecified atom stereocenters. The van der Waals surface area contributed by atoms with Crippen molar-refractivity contribution in [2.75, 3.05) is 10.5 Å². The quantitative estimate of drug-likeness (QED) is 0.437. The van der Waals surface area contributed by atoms with Crippen molar-refractivity contribution in [2.45, 2.75) is 32.7 Å². The molecular formula is C25H23BFN5O3. The second kappa shape index (κ2) is 8.30. The molecule has 0 spiro atoms. The van der Waals surface area contributed by atoms with Gasteiger partial charge in [0.05, 0.1) is 16.9 Å². The SMILES string of the molecule is [B]Nc1cccc(-n2c(=O)n(C3CC3)c(=O)c3c(Nc4ccc(C)cc4F)n(C)c(=O)c(C)c32)c1. The van der Waals surface area contributed by atoms with Crippen LogP contribution in [-0.2, 0) is 7.05 Å². The molecule has 0 atom stereocenters. The number of nitrogens with zero attached hydrogens (tertiary/aromatic N) is 3. The third-order valence-corrected chi connectivity index (χ3v) is 6.40. The molecule has 1 fully saturated rings. The molecule has 5 rings (SSSR count). The van der Waals surface area contributed by atoms with Crippen molar-refractivity contribution in [3.05, 3.63) is 90.6 Å². The Bertz CT molecular complexity index is 1680. The molecular weight excluding hydrogens is 448 g/mol. The molecule has 1 saturated carbocycles. The summed E-state index contributed by atoms with van der Waals surface area (Å²) in [4.78, 5) is 40.7. The Morgan fingerprint density at radius 1 is 1.03 bits per heavy atom. The van der Waals surface area contributed by atoms with Gasteiger partial charge in [-0.1, -0.05) is 12.1 Å². The number of hydrogen-bond acceptors (Lipinski definition) is 5. The second-order valence-electron chi connectivity index (χ2n) is 8.89. The summed E-state index contributed by atoms with van der Waals surface area (Å²) < 4.78 is 18.6. The summed E-state index contributed by atoms with van der Waals surface area (Å²) in [5, 5.41) is 5.63.